The maximum atomic E-state index is 11.9. The number of hydrogen-bond donors (Lipinski definition) is 0. The number of halogens is 2. The summed E-state index contributed by atoms with van der Waals surface area (Å²) in [7, 11) is 0. The molecule has 0 saturated heterocycles. The lowest BCUT2D eigenvalue weighted by molar-refractivity contribution is -0.129. The summed E-state index contributed by atoms with van der Waals surface area (Å²) in [6.45, 7) is 0. The van der Waals surface area contributed by atoms with E-state index < -0.39 is 5.97 Å². The predicted molar refractivity (Wildman–Crippen MR) is 88.9 cm³/mol. The first kappa shape index (κ1) is 14.2. The minimum absolute atomic E-state index is 0.289. The molecule has 0 radical (unpaired) electrons. The van der Waals surface area contributed by atoms with Crippen molar-refractivity contribution in [2.24, 2.45) is 4.99 Å². The van der Waals surface area contributed by atoms with Gasteiger partial charge < -0.3 is 4.74 Å². The molecule has 0 bridgehead atoms. The van der Waals surface area contributed by atoms with E-state index in [0.29, 0.717) is 5.90 Å². The summed E-state index contributed by atoms with van der Waals surface area (Å²) in [5, 5.41) is 0. The number of esters is 1. The Morgan fingerprint density at radius 1 is 1.05 bits per heavy atom. The van der Waals surface area contributed by atoms with Crippen molar-refractivity contribution in [1.29, 1.82) is 0 Å². The van der Waals surface area contributed by atoms with Crippen LogP contribution < -0.4 is 0 Å². The van der Waals surface area contributed by atoms with E-state index in [-0.39, 0.29) is 5.70 Å². The van der Waals surface area contributed by atoms with E-state index in [1.807, 2.05) is 48.5 Å². The zero-order valence-corrected chi connectivity index (χ0v) is 13.9. The van der Waals surface area contributed by atoms with Crippen LogP contribution in [-0.2, 0) is 9.53 Å². The molecular formula is C16H9Br2NO2. The molecule has 0 aliphatic carbocycles. The van der Waals surface area contributed by atoms with E-state index in [1.54, 1.807) is 6.08 Å². The normalized spacial score (nSPS) is 16.0. The van der Waals surface area contributed by atoms with Gasteiger partial charge in [0, 0.05) is 14.5 Å². The minimum atomic E-state index is -0.444. The number of aliphatic imine (C=N–C) groups is 1. The Morgan fingerprint density at radius 3 is 2.62 bits per heavy atom. The van der Waals surface area contributed by atoms with Gasteiger partial charge in [-0.25, -0.2) is 9.79 Å². The number of ether oxygens (including phenoxy) is 1. The van der Waals surface area contributed by atoms with Crippen LogP contribution in [0.5, 0.6) is 0 Å². The van der Waals surface area contributed by atoms with Crippen LogP contribution in [0.25, 0.3) is 6.08 Å². The molecule has 0 spiro atoms. The average molecular weight is 407 g/mol. The largest absolute Gasteiger partial charge is 0.402 e. The fraction of sp³-hybridized carbons (Fsp3) is 0. The molecule has 2 aromatic carbocycles. The van der Waals surface area contributed by atoms with Gasteiger partial charge in [-0.3, -0.25) is 0 Å². The lowest BCUT2D eigenvalue weighted by Gasteiger charge is -1.99. The standard InChI is InChI=1S/C16H9Br2NO2/c17-12-6-3-5-11(8-12)15-19-14(16(20)21-15)9-10-4-1-2-7-13(10)18/h1-9H/b14-9-. The molecule has 104 valence electrons. The summed E-state index contributed by atoms with van der Waals surface area (Å²) in [6, 6.07) is 15.1. The number of hydrogen-bond acceptors (Lipinski definition) is 3. The Balaban J connectivity index is 1.98. The van der Waals surface area contributed by atoms with Gasteiger partial charge in [0.15, 0.2) is 5.70 Å². The molecule has 21 heavy (non-hydrogen) atoms. The summed E-state index contributed by atoms with van der Waals surface area (Å²) < 4.78 is 7.04. The number of cyclic esters (lactones) is 1. The van der Waals surface area contributed by atoms with Crippen molar-refractivity contribution in [3.63, 3.8) is 0 Å². The van der Waals surface area contributed by atoms with Crippen LogP contribution in [-0.4, -0.2) is 11.9 Å². The summed E-state index contributed by atoms with van der Waals surface area (Å²) in [5.41, 5.74) is 1.92. The van der Waals surface area contributed by atoms with Gasteiger partial charge in [-0.1, -0.05) is 56.1 Å². The lowest BCUT2D eigenvalue weighted by Crippen LogP contribution is -2.05. The van der Waals surface area contributed by atoms with Crippen molar-refractivity contribution < 1.29 is 9.53 Å². The van der Waals surface area contributed by atoms with Gasteiger partial charge >= 0.3 is 5.97 Å². The smallest absolute Gasteiger partial charge is 0.363 e. The molecule has 1 aliphatic rings. The molecule has 3 rings (SSSR count). The number of benzene rings is 2. The second-order valence-electron chi connectivity index (χ2n) is 4.37. The first-order valence-electron chi connectivity index (χ1n) is 6.16. The van der Waals surface area contributed by atoms with Crippen LogP contribution in [0.3, 0.4) is 0 Å². The molecule has 0 saturated carbocycles. The van der Waals surface area contributed by atoms with Gasteiger partial charge in [0.1, 0.15) is 0 Å². The van der Waals surface area contributed by atoms with Crippen molar-refractivity contribution in [1.82, 2.24) is 0 Å². The first-order chi connectivity index (χ1) is 10.1. The number of rotatable bonds is 2. The van der Waals surface area contributed by atoms with Crippen LogP contribution in [0.2, 0.25) is 0 Å². The highest BCUT2D eigenvalue weighted by Crippen LogP contribution is 2.24. The van der Waals surface area contributed by atoms with Gasteiger partial charge in [-0.15, -0.1) is 0 Å². The highest BCUT2D eigenvalue weighted by Gasteiger charge is 2.24. The fourth-order valence-corrected chi connectivity index (χ4v) is 2.69. The summed E-state index contributed by atoms with van der Waals surface area (Å²) in [5.74, 6) is -0.125. The van der Waals surface area contributed by atoms with E-state index in [4.69, 9.17) is 4.74 Å². The molecule has 0 aromatic heterocycles. The molecule has 1 aliphatic heterocycles. The molecule has 0 N–H and O–H groups in total. The third-order valence-corrected chi connectivity index (χ3v) is 4.10. The average Bonchev–Trinajstić information content (AvgIpc) is 2.83. The van der Waals surface area contributed by atoms with E-state index in [2.05, 4.69) is 36.9 Å². The quantitative estimate of drug-likeness (QED) is 0.541. The predicted octanol–water partition coefficient (Wildman–Crippen LogP) is 4.56. The highest BCUT2D eigenvalue weighted by molar-refractivity contribution is 9.10. The summed E-state index contributed by atoms with van der Waals surface area (Å²) >= 11 is 6.83. The molecule has 0 atom stereocenters. The summed E-state index contributed by atoms with van der Waals surface area (Å²) in [4.78, 5) is 16.2. The Morgan fingerprint density at radius 2 is 1.86 bits per heavy atom. The highest BCUT2D eigenvalue weighted by atomic mass is 79.9. The van der Waals surface area contributed by atoms with E-state index in [0.717, 1.165) is 20.1 Å². The number of carbonyl (C=O) groups excluding carboxylic acids is 1. The topological polar surface area (TPSA) is 38.7 Å². The van der Waals surface area contributed by atoms with Crippen LogP contribution >= 0.6 is 31.9 Å². The Kier molecular flexibility index (Phi) is 4.03. The second-order valence-corrected chi connectivity index (χ2v) is 6.14. The third kappa shape index (κ3) is 3.14. The van der Waals surface area contributed by atoms with E-state index >= 15 is 0 Å². The third-order valence-electron chi connectivity index (χ3n) is 2.89. The monoisotopic (exact) mass is 405 g/mol. The SMILES string of the molecule is O=C1OC(c2cccc(Br)c2)=N/C1=C\c1ccccc1Br. The van der Waals surface area contributed by atoms with Gasteiger partial charge in [-0.05, 0) is 35.9 Å². The van der Waals surface area contributed by atoms with Crippen LogP contribution in [0.15, 0.2) is 68.2 Å². The maximum Gasteiger partial charge on any atom is 0.363 e. The summed E-state index contributed by atoms with van der Waals surface area (Å²) in [6.07, 6.45) is 1.71. The fourth-order valence-electron chi connectivity index (χ4n) is 1.89. The van der Waals surface area contributed by atoms with Gasteiger partial charge in [0.2, 0.25) is 5.90 Å². The number of nitrogens with zero attached hydrogens (tertiary/aromatic N) is 1. The van der Waals surface area contributed by atoms with Crippen LogP contribution in [0.1, 0.15) is 11.1 Å². The van der Waals surface area contributed by atoms with Gasteiger partial charge in [0.05, 0.1) is 0 Å². The van der Waals surface area contributed by atoms with Gasteiger partial charge in [-0.2, -0.15) is 0 Å². The van der Waals surface area contributed by atoms with Crippen molar-refractivity contribution in [3.8, 4) is 0 Å². The van der Waals surface area contributed by atoms with Gasteiger partial charge in [0.25, 0.3) is 0 Å². The zero-order chi connectivity index (χ0) is 14.8. The van der Waals surface area contributed by atoms with Crippen molar-refractivity contribution >= 4 is 49.8 Å². The zero-order valence-electron chi connectivity index (χ0n) is 10.7. The molecule has 0 unspecified atom stereocenters. The molecular weight excluding hydrogens is 398 g/mol. The van der Waals surface area contributed by atoms with Crippen molar-refractivity contribution in [3.05, 3.63) is 74.3 Å². The Bertz CT molecular complexity index is 781. The molecule has 5 heteroatoms. The molecule has 3 nitrogen and oxygen atoms in total. The van der Waals surface area contributed by atoms with E-state index in [1.165, 1.54) is 0 Å². The Labute approximate surface area is 138 Å². The second kappa shape index (κ2) is 5.95. The maximum absolute atomic E-state index is 11.9. The van der Waals surface area contributed by atoms with Crippen molar-refractivity contribution in [2.45, 2.75) is 0 Å². The number of carbonyl (C=O) groups is 1. The Hall–Kier alpha value is -1.72. The molecule has 1 heterocycles. The van der Waals surface area contributed by atoms with Crippen LogP contribution in [0.4, 0.5) is 0 Å². The molecule has 0 amide bonds. The minimum Gasteiger partial charge on any atom is -0.402 e. The van der Waals surface area contributed by atoms with Crippen molar-refractivity contribution in [2.75, 3.05) is 0 Å². The first-order valence-corrected chi connectivity index (χ1v) is 7.75. The van der Waals surface area contributed by atoms with E-state index in [9.17, 15) is 4.79 Å². The molecule has 2 aromatic rings. The van der Waals surface area contributed by atoms with Crippen LogP contribution in [0, 0.1) is 0 Å². The molecule has 0 fully saturated rings. The lowest BCUT2D eigenvalue weighted by atomic mass is 10.2.